The molecule has 3 heteroatoms. The highest BCUT2D eigenvalue weighted by Crippen LogP contribution is 2.14. The number of hydrogen-bond donors (Lipinski definition) is 2. The molecule has 0 aliphatic carbocycles. The standard InChI is InChI=1S/C9H14N2O/c1-12-9-4-2-8(3-5-9)11-7-6-10/h2-5,11H,6-7,10H2,1H3. The lowest BCUT2D eigenvalue weighted by Crippen LogP contribution is -2.12. The molecular weight excluding hydrogens is 152 g/mol. The lowest BCUT2D eigenvalue weighted by Gasteiger charge is -2.04. The number of methoxy groups -OCH3 is 1. The first-order valence-electron chi connectivity index (χ1n) is 3.95. The third-order valence-electron chi connectivity index (χ3n) is 1.56. The van der Waals surface area contributed by atoms with E-state index in [0.29, 0.717) is 6.54 Å². The summed E-state index contributed by atoms with van der Waals surface area (Å²) in [6.07, 6.45) is 0. The fraction of sp³-hybridized carbons (Fsp3) is 0.333. The van der Waals surface area contributed by atoms with Gasteiger partial charge >= 0.3 is 0 Å². The molecule has 0 radical (unpaired) electrons. The van der Waals surface area contributed by atoms with Crippen molar-refractivity contribution in [1.29, 1.82) is 0 Å². The molecule has 66 valence electrons. The molecule has 0 atom stereocenters. The minimum Gasteiger partial charge on any atom is -0.497 e. The van der Waals surface area contributed by atoms with Crippen LogP contribution in [0.25, 0.3) is 0 Å². The molecule has 0 fully saturated rings. The Morgan fingerprint density at radius 2 is 2.00 bits per heavy atom. The number of nitrogens with one attached hydrogen (secondary N) is 1. The summed E-state index contributed by atoms with van der Waals surface area (Å²) in [5.41, 5.74) is 6.42. The van der Waals surface area contributed by atoms with Crippen LogP contribution in [0.1, 0.15) is 0 Å². The quantitative estimate of drug-likeness (QED) is 0.703. The van der Waals surface area contributed by atoms with Crippen LogP contribution in [-0.4, -0.2) is 20.2 Å². The van der Waals surface area contributed by atoms with Gasteiger partial charge in [-0.25, -0.2) is 0 Å². The van der Waals surface area contributed by atoms with Crippen molar-refractivity contribution in [3.8, 4) is 5.75 Å². The number of hydrogen-bond acceptors (Lipinski definition) is 3. The third-order valence-corrected chi connectivity index (χ3v) is 1.56. The Bertz CT molecular complexity index is 220. The van der Waals surface area contributed by atoms with E-state index < -0.39 is 0 Å². The summed E-state index contributed by atoms with van der Waals surface area (Å²) in [4.78, 5) is 0. The van der Waals surface area contributed by atoms with Crippen molar-refractivity contribution < 1.29 is 4.74 Å². The zero-order valence-electron chi connectivity index (χ0n) is 7.21. The Morgan fingerprint density at radius 3 is 2.50 bits per heavy atom. The van der Waals surface area contributed by atoms with E-state index in [4.69, 9.17) is 10.5 Å². The van der Waals surface area contributed by atoms with E-state index >= 15 is 0 Å². The van der Waals surface area contributed by atoms with E-state index in [1.807, 2.05) is 24.3 Å². The smallest absolute Gasteiger partial charge is 0.119 e. The average Bonchev–Trinajstić information content (AvgIpc) is 2.15. The normalized spacial score (nSPS) is 9.50. The van der Waals surface area contributed by atoms with Crippen LogP contribution in [0.15, 0.2) is 24.3 Å². The fourth-order valence-corrected chi connectivity index (χ4v) is 0.925. The van der Waals surface area contributed by atoms with E-state index in [-0.39, 0.29) is 0 Å². The lowest BCUT2D eigenvalue weighted by atomic mass is 10.3. The molecule has 0 heterocycles. The first-order chi connectivity index (χ1) is 5.86. The molecule has 1 aromatic carbocycles. The van der Waals surface area contributed by atoms with Crippen LogP contribution in [0, 0.1) is 0 Å². The van der Waals surface area contributed by atoms with Gasteiger partial charge in [0.2, 0.25) is 0 Å². The van der Waals surface area contributed by atoms with Gasteiger partial charge in [0.05, 0.1) is 7.11 Å². The second kappa shape index (κ2) is 4.62. The molecule has 1 rings (SSSR count). The predicted octanol–water partition coefficient (Wildman–Crippen LogP) is 1.07. The topological polar surface area (TPSA) is 47.3 Å². The molecular formula is C9H14N2O. The van der Waals surface area contributed by atoms with Crippen LogP contribution < -0.4 is 15.8 Å². The monoisotopic (exact) mass is 166 g/mol. The summed E-state index contributed by atoms with van der Waals surface area (Å²) >= 11 is 0. The van der Waals surface area contributed by atoms with Crippen LogP contribution in [0.4, 0.5) is 5.69 Å². The predicted molar refractivity (Wildman–Crippen MR) is 50.5 cm³/mol. The van der Waals surface area contributed by atoms with Crippen LogP contribution in [0.3, 0.4) is 0 Å². The van der Waals surface area contributed by atoms with Crippen molar-refractivity contribution in [1.82, 2.24) is 0 Å². The van der Waals surface area contributed by atoms with Crippen molar-refractivity contribution >= 4 is 5.69 Å². The summed E-state index contributed by atoms with van der Waals surface area (Å²) in [5.74, 6) is 0.869. The van der Waals surface area contributed by atoms with E-state index in [1.54, 1.807) is 7.11 Å². The second-order valence-electron chi connectivity index (χ2n) is 2.44. The Morgan fingerprint density at radius 1 is 1.33 bits per heavy atom. The largest absolute Gasteiger partial charge is 0.497 e. The summed E-state index contributed by atoms with van der Waals surface area (Å²) in [6.45, 7) is 1.44. The SMILES string of the molecule is COc1ccc(NCCN)cc1. The summed E-state index contributed by atoms with van der Waals surface area (Å²) in [6, 6.07) is 7.76. The van der Waals surface area contributed by atoms with Crippen molar-refractivity contribution in [2.24, 2.45) is 5.73 Å². The van der Waals surface area contributed by atoms with Crippen molar-refractivity contribution in [2.75, 3.05) is 25.5 Å². The summed E-state index contributed by atoms with van der Waals surface area (Å²) < 4.78 is 5.02. The molecule has 0 saturated carbocycles. The van der Waals surface area contributed by atoms with Gasteiger partial charge in [0.15, 0.2) is 0 Å². The van der Waals surface area contributed by atoms with Gasteiger partial charge in [-0.1, -0.05) is 0 Å². The number of ether oxygens (including phenoxy) is 1. The second-order valence-corrected chi connectivity index (χ2v) is 2.44. The first-order valence-corrected chi connectivity index (χ1v) is 3.95. The molecule has 0 spiro atoms. The average molecular weight is 166 g/mol. The Hall–Kier alpha value is -1.22. The number of anilines is 1. The van der Waals surface area contributed by atoms with E-state index in [0.717, 1.165) is 18.0 Å². The van der Waals surface area contributed by atoms with Gasteiger partial charge in [0.25, 0.3) is 0 Å². The van der Waals surface area contributed by atoms with Gasteiger partial charge in [-0.3, -0.25) is 0 Å². The minimum absolute atomic E-state index is 0.645. The van der Waals surface area contributed by atoms with Crippen molar-refractivity contribution in [3.05, 3.63) is 24.3 Å². The van der Waals surface area contributed by atoms with Gasteiger partial charge in [-0.2, -0.15) is 0 Å². The number of benzene rings is 1. The zero-order chi connectivity index (χ0) is 8.81. The molecule has 3 nitrogen and oxygen atoms in total. The Labute approximate surface area is 72.5 Å². The van der Waals surface area contributed by atoms with Gasteiger partial charge in [-0.15, -0.1) is 0 Å². The van der Waals surface area contributed by atoms with Gasteiger partial charge in [0.1, 0.15) is 5.75 Å². The maximum atomic E-state index is 5.35. The highest BCUT2D eigenvalue weighted by molar-refractivity contribution is 5.46. The van der Waals surface area contributed by atoms with E-state index in [9.17, 15) is 0 Å². The molecule has 0 amide bonds. The zero-order valence-corrected chi connectivity index (χ0v) is 7.21. The van der Waals surface area contributed by atoms with E-state index in [2.05, 4.69) is 5.32 Å². The maximum Gasteiger partial charge on any atom is 0.119 e. The summed E-state index contributed by atoms with van der Waals surface area (Å²) in [5, 5.41) is 3.17. The van der Waals surface area contributed by atoms with Crippen LogP contribution in [-0.2, 0) is 0 Å². The van der Waals surface area contributed by atoms with Crippen molar-refractivity contribution in [3.63, 3.8) is 0 Å². The van der Waals surface area contributed by atoms with Gasteiger partial charge in [0, 0.05) is 18.8 Å². The Kier molecular flexibility index (Phi) is 3.41. The summed E-state index contributed by atoms with van der Waals surface area (Å²) in [7, 11) is 1.66. The van der Waals surface area contributed by atoms with Crippen molar-refractivity contribution in [2.45, 2.75) is 0 Å². The number of rotatable bonds is 4. The molecule has 0 aliphatic heterocycles. The molecule has 0 aromatic heterocycles. The highest BCUT2D eigenvalue weighted by Gasteiger charge is 1.91. The molecule has 3 N–H and O–H groups in total. The first kappa shape index (κ1) is 8.87. The highest BCUT2D eigenvalue weighted by atomic mass is 16.5. The molecule has 0 saturated heterocycles. The fourth-order valence-electron chi connectivity index (χ4n) is 0.925. The third kappa shape index (κ3) is 2.43. The van der Waals surface area contributed by atoms with Crippen LogP contribution >= 0.6 is 0 Å². The molecule has 12 heavy (non-hydrogen) atoms. The Balaban J connectivity index is 2.53. The maximum absolute atomic E-state index is 5.35. The van der Waals surface area contributed by atoms with Gasteiger partial charge in [-0.05, 0) is 24.3 Å². The van der Waals surface area contributed by atoms with E-state index in [1.165, 1.54) is 0 Å². The number of nitrogens with two attached hydrogens (primary N) is 1. The van der Waals surface area contributed by atoms with Crippen LogP contribution in [0.2, 0.25) is 0 Å². The molecule has 0 bridgehead atoms. The minimum atomic E-state index is 0.645. The van der Waals surface area contributed by atoms with Gasteiger partial charge < -0.3 is 15.8 Å². The molecule has 1 aromatic rings. The molecule has 0 aliphatic rings. The van der Waals surface area contributed by atoms with Crippen LogP contribution in [0.5, 0.6) is 5.75 Å². The lowest BCUT2D eigenvalue weighted by molar-refractivity contribution is 0.415. The molecule has 0 unspecified atom stereocenters.